The lowest BCUT2D eigenvalue weighted by molar-refractivity contribution is -0.135. The van der Waals surface area contributed by atoms with Crippen molar-refractivity contribution in [3.05, 3.63) is 0 Å². The molecule has 1 saturated heterocycles. The van der Waals surface area contributed by atoms with Gasteiger partial charge in [-0.3, -0.25) is 9.69 Å². The Balaban J connectivity index is 2.38. The minimum absolute atomic E-state index is 0.276. The fourth-order valence-electron chi connectivity index (χ4n) is 2.23. The van der Waals surface area contributed by atoms with Gasteiger partial charge in [0.1, 0.15) is 6.54 Å². The molecule has 2 N–H and O–H groups in total. The lowest BCUT2D eigenvalue weighted by Crippen LogP contribution is -2.43. The smallest absolute Gasteiger partial charge is 0.323 e. The van der Waals surface area contributed by atoms with E-state index in [4.69, 9.17) is 5.11 Å². The van der Waals surface area contributed by atoms with E-state index in [9.17, 15) is 9.59 Å². The number of rotatable bonds is 5. The van der Waals surface area contributed by atoms with Crippen LogP contribution < -0.4 is 5.32 Å². The molecule has 1 unspecified atom stereocenters. The topological polar surface area (TPSA) is 72.9 Å². The fraction of sp³-hybridized carbons (Fsp3) is 0.818. The SMILES string of the molecule is CCN(CC)C1CCN(C(=O)NCC(=O)O)C1. The summed E-state index contributed by atoms with van der Waals surface area (Å²) in [5, 5.41) is 10.9. The number of carbonyl (C=O) groups excluding carboxylic acids is 1. The van der Waals surface area contributed by atoms with Gasteiger partial charge in [0.15, 0.2) is 0 Å². The molecule has 17 heavy (non-hydrogen) atoms. The largest absolute Gasteiger partial charge is 0.480 e. The van der Waals surface area contributed by atoms with Gasteiger partial charge in [0, 0.05) is 19.1 Å². The third kappa shape index (κ3) is 3.89. The van der Waals surface area contributed by atoms with E-state index in [0.29, 0.717) is 19.1 Å². The third-order valence-corrected chi connectivity index (χ3v) is 3.17. The highest BCUT2D eigenvalue weighted by atomic mass is 16.4. The highest BCUT2D eigenvalue weighted by Gasteiger charge is 2.29. The second kappa shape index (κ2) is 6.44. The summed E-state index contributed by atoms with van der Waals surface area (Å²) in [5.41, 5.74) is 0. The zero-order chi connectivity index (χ0) is 12.8. The Morgan fingerprint density at radius 1 is 1.41 bits per heavy atom. The molecule has 0 aromatic carbocycles. The van der Waals surface area contributed by atoms with E-state index in [1.54, 1.807) is 4.90 Å². The molecule has 1 atom stereocenters. The van der Waals surface area contributed by atoms with E-state index < -0.39 is 5.97 Å². The van der Waals surface area contributed by atoms with Crippen LogP contribution >= 0.6 is 0 Å². The number of carboxylic acids is 1. The van der Waals surface area contributed by atoms with Gasteiger partial charge in [0.05, 0.1) is 0 Å². The molecule has 1 aliphatic rings. The van der Waals surface area contributed by atoms with Crippen molar-refractivity contribution in [2.24, 2.45) is 0 Å². The maximum absolute atomic E-state index is 11.6. The molecule has 6 nitrogen and oxygen atoms in total. The van der Waals surface area contributed by atoms with Gasteiger partial charge in [0.25, 0.3) is 0 Å². The maximum Gasteiger partial charge on any atom is 0.323 e. The first-order valence-corrected chi connectivity index (χ1v) is 6.07. The number of amides is 2. The monoisotopic (exact) mass is 243 g/mol. The molecule has 0 aromatic heterocycles. The van der Waals surface area contributed by atoms with Gasteiger partial charge in [0.2, 0.25) is 0 Å². The van der Waals surface area contributed by atoms with Gasteiger partial charge >= 0.3 is 12.0 Å². The van der Waals surface area contributed by atoms with Crippen LogP contribution in [-0.2, 0) is 4.79 Å². The number of carboxylic acid groups (broad SMARTS) is 1. The number of likely N-dealkylation sites (N-methyl/N-ethyl adjacent to an activating group) is 1. The van der Waals surface area contributed by atoms with Crippen molar-refractivity contribution in [2.45, 2.75) is 26.3 Å². The predicted molar refractivity (Wildman–Crippen MR) is 63.9 cm³/mol. The Labute approximate surface area is 102 Å². The lowest BCUT2D eigenvalue weighted by atomic mass is 10.2. The number of nitrogens with one attached hydrogen (secondary N) is 1. The summed E-state index contributed by atoms with van der Waals surface area (Å²) < 4.78 is 0. The van der Waals surface area contributed by atoms with Crippen LogP contribution in [0.25, 0.3) is 0 Å². The van der Waals surface area contributed by atoms with Crippen molar-refractivity contribution in [1.29, 1.82) is 0 Å². The molecule has 0 bridgehead atoms. The van der Waals surface area contributed by atoms with Crippen LogP contribution in [0.1, 0.15) is 20.3 Å². The number of nitrogens with zero attached hydrogens (tertiary/aromatic N) is 2. The van der Waals surface area contributed by atoms with Gasteiger partial charge in [-0.2, -0.15) is 0 Å². The number of hydrogen-bond acceptors (Lipinski definition) is 3. The molecule has 98 valence electrons. The van der Waals surface area contributed by atoms with Crippen LogP contribution in [0.5, 0.6) is 0 Å². The van der Waals surface area contributed by atoms with Gasteiger partial charge < -0.3 is 15.3 Å². The Morgan fingerprint density at radius 2 is 2.06 bits per heavy atom. The third-order valence-electron chi connectivity index (χ3n) is 3.17. The summed E-state index contributed by atoms with van der Waals surface area (Å²) in [5.74, 6) is -1.02. The average molecular weight is 243 g/mol. The molecule has 1 aliphatic heterocycles. The van der Waals surface area contributed by atoms with Crippen LogP contribution in [-0.4, -0.2) is 65.7 Å². The Bertz CT molecular complexity index is 279. The summed E-state index contributed by atoms with van der Waals surface area (Å²) in [4.78, 5) is 26.0. The first-order valence-electron chi connectivity index (χ1n) is 6.07. The standard InChI is InChI=1S/C11H21N3O3/c1-3-13(4-2)9-5-6-14(8-9)11(17)12-7-10(15)16/h9H,3-8H2,1-2H3,(H,12,17)(H,15,16). The van der Waals surface area contributed by atoms with Crippen molar-refractivity contribution in [2.75, 3.05) is 32.7 Å². The van der Waals surface area contributed by atoms with Crippen molar-refractivity contribution in [3.63, 3.8) is 0 Å². The van der Waals surface area contributed by atoms with E-state index in [2.05, 4.69) is 24.1 Å². The molecular formula is C11H21N3O3. The number of urea groups is 1. The van der Waals surface area contributed by atoms with E-state index in [-0.39, 0.29) is 12.6 Å². The first kappa shape index (κ1) is 13.8. The van der Waals surface area contributed by atoms with E-state index in [1.165, 1.54) is 0 Å². The van der Waals surface area contributed by atoms with Crippen LogP contribution in [0, 0.1) is 0 Å². The molecule has 1 fully saturated rings. The zero-order valence-corrected chi connectivity index (χ0v) is 10.5. The van der Waals surface area contributed by atoms with E-state index in [0.717, 1.165) is 19.5 Å². The van der Waals surface area contributed by atoms with Crippen LogP contribution in [0.15, 0.2) is 0 Å². The number of hydrogen-bond donors (Lipinski definition) is 2. The normalized spacial score (nSPS) is 19.7. The Morgan fingerprint density at radius 3 is 2.59 bits per heavy atom. The molecule has 0 aliphatic carbocycles. The molecular weight excluding hydrogens is 222 g/mol. The summed E-state index contributed by atoms with van der Waals surface area (Å²) >= 11 is 0. The zero-order valence-electron chi connectivity index (χ0n) is 10.5. The van der Waals surface area contributed by atoms with Gasteiger partial charge in [-0.25, -0.2) is 4.79 Å². The molecule has 0 spiro atoms. The predicted octanol–water partition coefficient (Wildman–Crippen LogP) is 0.197. The second-order valence-corrected chi connectivity index (χ2v) is 4.16. The van der Waals surface area contributed by atoms with Crippen molar-refractivity contribution in [1.82, 2.24) is 15.1 Å². The quantitative estimate of drug-likeness (QED) is 0.723. The Kier molecular flexibility index (Phi) is 5.21. The highest BCUT2D eigenvalue weighted by molar-refractivity contribution is 5.80. The summed E-state index contributed by atoms with van der Waals surface area (Å²) in [6.07, 6.45) is 0.960. The van der Waals surface area contributed by atoms with Gasteiger partial charge in [-0.05, 0) is 19.5 Å². The Hall–Kier alpha value is -1.30. The van der Waals surface area contributed by atoms with Crippen molar-refractivity contribution < 1.29 is 14.7 Å². The maximum atomic E-state index is 11.6. The van der Waals surface area contributed by atoms with Crippen LogP contribution in [0.4, 0.5) is 4.79 Å². The van der Waals surface area contributed by atoms with E-state index in [1.807, 2.05) is 0 Å². The van der Waals surface area contributed by atoms with Crippen LogP contribution in [0.2, 0.25) is 0 Å². The molecule has 1 heterocycles. The van der Waals surface area contributed by atoms with Crippen molar-refractivity contribution in [3.8, 4) is 0 Å². The molecule has 0 radical (unpaired) electrons. The number of carbonyl (C=O) groups is 2. The molecule has 6 heteroatoms. The minimum atomic E-state index is -1.02. The summed E-state index contributed by atoms with van der Waals surface area (Å²) in [6.45, 7) is 7.25. The lowest BCUT2D eigenvalue weighted by Gasteiger charge is -2.26. The minimum Gasteiger partial charge on any atom is -0.480 e. The van der Waals surface area contributed by atoms with Gasteiger partial charge in [-0.1, -0.05) is 13.8 Å². The average Bonchev–Trinajstić information content (AvgIpc) is 2.77. The molecule has 1 rings (SSSR count). The molecule has 2 amide bonds. The summed E-state index contributed by atoms with van der Waals surface area (Å²) in [6, 6.07) is 0.127. The fourth-order valence-corrected chi connectivity index (χ4v) is 2.23. The second-order valence-electron chi connectivity index (χ2n) is 4.16. The van der Waals surface area contributed by atoms with Crippen molar-refractivity contribution >= 4 is 12.0 Å². The first-order chi connectivity index (χ1) is 8.08. The molecule has 0 aromatic rings. The number of aliphatic carboxylic acids is 1. The number of likely N-dealkylation sites (tertiary alicyclic amines) is 1. The molecule has 0 saturated carbocycles. The van der Waals surface area contributed by atoms with Crippen LogP contribution in [0.3, 0.4) is 0 Å². The summed E-state index contributed by atoms with van der Waals surface area (Å²) in [7, 11) is 0. The van der Waals surface area contributed by atoms with Gasteiger partial charge in [-0.15, -0.1) is 0 Å². The highest BCUT2D eigenvalue weighted by Crippen LogP contribution is 2.15. The van der Waals surface area contributed by atoms with E-state index >= 15 is 0 Å².